The molecule has 19 heavy (non-hydrogen) atoms. The van der Waals surface area contributed by atoms with Crippen LogP contribution in [0.25, 0.3) is 11.0 Å². The Morgan fingerprint density at radius 1 is 0.895 bits per heavy atom. The zero-order valence-corrected chi connectivity index (χ0v) is 12.6. The van der Waals surface area contributed by atoms with Gasteiger partial charge in [-0.15, -0.1) is 0 Å². The maximum absolute atomic E-state index is 12.1. The van der Waals surface area contributed by atoms with Gasteiger partial charge in [-0.05, 0) is 28.5 Å². The fourth-order valence-electron chi connectivity index (χ4n) is 2.32. The Balaban J connectivity index is 2.87. The van der Waals surface area contributed by atoms with Crippen LogP contribution in [0.15, 0.2) is 33.5 Å². The molecule has 0 aliphatic rings. The van der Waals surface area contributed by atoms with Crippen molar-refractivity contribution >= 4 is 11.0 Å². The van der Waals surface area contributed by atoms with Gasteiger partial charge in [0.2, 0.25) is 0 Å². The molecule has 1 aromatic carbocycles. The van der Waals surface area contributed by atoms with Gasteiger partial charge < -0.3 is 4.42 Å². The second-order valence-corrected chi connectivity index (χ2v) is 7.16. The van der Waals surface area contributed by atoms with Gasteiger partial charge in [-0.25, -0.2) is 4.79 Å². The van der Waals surface area contributed by atoms with E-state index in [2.05, 4.69) is 26.8 Å². The molecule has 0 spiro atoms. The number of fused-ring (bicyclic) bond motifs is 1. The van der Waals surface area contributed by atoms with Crippen LogP contribution < -0.4 is 5.63 Å². The monoisotopic (exact) mass is 258 g/mol. The van der Waals surface area contributed by atoms with E-state index < -0.39 is 0 Å². The van der Waals surface area contributed by atoms with Gasteiger partial charge in [0.25, 0.3) is 0 Å². The second-order valence-electron chi connectivity index (χ2n) is 7.16. The molecule has 2 rings (SSSR count). The molecule has 102 valence electrons. The van der Waals surface area contributed by atoms with Crippen molar-refractivity contribution in [2.24, 2.45) is 0 Å². The lowest BCUT2D eigenvalue weighted by molar-refractivity contribution is 0.500. The van der Waals surface area contributed by atoms with Crippen LogP contribution in [0.3, 0.4) is 0 Å². The molecule has 0 saturated heterocycles. The van der Waals surface area contributed by atoms with E-state index in [9.17, 15) is 4.79 Å². The molecule has 0 unspecified atom stereocenters. The van der Waals surface area contributed by atoms with Gasteiger partial charge in [-0.2, -0.15) is 0 Å². The molecule has 2 nitrogen and oxygen atoms in total. The van der Waals surface area contributed by atoms with E-state index in [-0.39, 0.29) is 16.5 Å². The molecule has 0 fully saturated rings. The Hall–Kier alpha value is -1.57. The van der Waals surface area contributed by atoms with Crippen LogP contribution in [-0.4, -0.2) is 0 Å². The summed E-state index contributed by atoms with van der Waals surface area (Å²) in [5, 5.41) is 1.04. The molecule has 0 radical (unpaired) electrons. The van der Waals surface area contributed by atoms with E-state index in [4.69, 9.17) is 4.42 Å². The Labute approximate surface area is 114 Å². The van der Waals surface area contributed by atoms with Crippen molar-refractivity contribution in [1.82, 2.24) is 0 Å². The summed E-state index contributed by atoms with van der Waals surface area (Å²) < 4.78 is 5.50. The minimum Gasteiger partial charge on any atom is -0.423 e. The van der Waals surface area contributed by atoms with Crippen molar-refractivity contribution in [3.63, 3.8) is 0 Å². The van der Waals surface area contributed by atoms with Gasteiger partial charge in [-0.1, -0.05) is 53.7 Å². The summed E-state index contributed by atoms with van der Waals surface area (Å²) in [6, 6.07) is 7.91. The molecule has 2 aromatic rings. The van der Waals surface area contributed by atoms with Crippen molar-refractivity contribution in [3.05, 3.63) is 45.8 Å². The quantitative estimate of drug-likeness (QED) is 0.656. The van der Waals surface area contributed by atoms with Gasteiger partial charge in [0, 0.05) is 10.9 Å². The Morgan fingerprint density at radius 3 is 2.00 bits per heavy atom. The average molecular weight is 258 g/mol. The Morgan fingerprint density at radius 2 is 1.47 bits per heavy atom. The maximum Gasteiger partial charge on any atom is 0.339 e. The molecule has 0 N–H and O–H groups in total. The topological polar surface area (TPSA) is 30.2 Å². The first kappa shape index (κ1) is 13.9. The lowest BCUT2D eigenvalue weighted by atomic mass is 9.82. The smallest absolute Gasteiger partial charge is 0.339 e. The molecule has 0 amide bonds. The third-order valence-corrected chi connectivity index (χ3v) is 3.39. The van der Waals surface area contributed by atoms with Gasteiger partial charge >= 0.3 is 5.63 Å². The van der Waals surface area contributed by atoms with Crippen LogP contribution in [0.4, 0.5) is 0 Å². The molecule has 0 aliphatic heterocycles. The van der Waals surface area contributed by atoms with Crippen molar-refractivity contribution in [2.75, 3.05) is 0 Å². The first-order valence-corrected chi connectivity index (χ1v) is 6.68. The normalized spacial score (nSPS) is 12.9. The molecular formula is C17H22O2. The van der Waals surface area contributed by atoms with Gasteiger partial charge in [0.15, 0.2) is 0 Å². The van der Waals surface area contributed by atoms with E-state index in [1.54, 1.807) is 0 Å². The van der Waals surface area contributed by atoms with Crippen LogP contribution in [0, 0.1) is 0 Å². The van der Waals surface area contributed by atoms with Crippen LogP contribution in [0.5, 0.6) is 0 Å². The molecule has 0 saturated carbocycles. The van der Waals surface area contributed by atoms with Gasteiger partial charge in [0.05, 0.1) is 0 Å². The summed E-state index contributed by atoms with van der Waals surface area (Å²) in [7, 11) is 0. The highest BCUT2D eigenvalue weighted by atomic mass is 16.4. The van der Waals surface area contributed by atoms with Crippen LogP contribution >= 0.6 is 0 Å². The maximum atomic E-state index is 12.1. The van der Waals surface area contributed by atoms with Crippen molar-refractivity contribution in [3.8, 4) is 0 Å². The standard InChI is InChI=1S/C17H22O2/c1-16(2,3)12-8-7-9-14-11(12)10-13(15(18)19-14)17(4,5)6/h7-10H,1-6H3. The minimum absolute atomic E-state index is 0.0224. The summed E-state index contributed by atoms with van der Waals surface area (Å²) >= 11 is 0. The molecule has 0 bridgehead atoms. The lowest BCUT2D eigenvalue weighted by Gasteiger charge is -2.23. The molecule has 1 heterocycles. The molecular weight excluding hydrogens is 236 g/mol. The van der Waals surface area contributed by atoms with Crippen molar-refractivity contribution in [2.45, 2.75) is 52.4 Å². The summed E-state index contributed by atoms with van der Waals surface area (Å²) in [6.07, 6.45) is 0. The number of hydrogen-bond acceptors (Lipinski definition) is 2. The van der Waals surface area contributed by atoms with E-state index in [1.807, 2.05) is 39.0 Å². The fourth-order valence-corrected chi connectivity index (χ4v) is 2.32. The Kier molecular flexibility index (Phi) is 3.08. The Bertz CT molecular complexity index is 664. The lowest BCUT2D eigenvalue weighted by Crippen LogP contribution is -2.22. The predicted octanol–water partition coefficient (Wildman–Crippen LogP) is 4.39. The zero-order chi connectivity index (χ0) is 14.4. The molecule has 2 heteroatoms. The number of hydrogen-bond donors (Lipinski definition) is 0. The van der Waals surface area contributed by atoms with Crippen molar-refractivity contribution < 1.29 is 4.42 Å². The van der Waals surface area contributed by atoms with E-state index >= 15 is 0 Å². The predicted molar refractivity (Wildman–Crippen MR) is 79.9 cm³/mol. The highest BCUT2D eigenvalue weighted by Crippen LogP contribution is 2.31. The van der Waals surface area contributed by atoms with E-state index in [0.717, 1.165) is 10.9 Å². The van der Waals surface area contributed by atoms with E-state index in [1.165, 1.54) is 5.56 Å². The second kappa shape index (κ2) is 4.22. The number of benzene rings is 1. The van der Waals surface area contributed by atoms with Gasteiger partial charge in [-0.3, -0.25) is 0 Å². The number of rotatable bonds is 0. The fraction of sp³-hybridized carbons (Fsp3) is 0.471. The largest absolute Gasteiger partial charge is 0.423 e. The summed E-state index contributed by atoms with van der Waals surface area (Å²) in [5.41, 5.74) is 2.20. The highest BCUT2D eigenvalue weighted by molar-refractivity contribution is 5.82. The zero-order valence-electron chi connectivity index (χ0n) is 12.6. The highest BCUT2D eigenvalue weighted by Gasteiger charge is 2.23. The summed E-state index contributed by atoms with van der Waals surface area (Å²) in [4.78, 5) is 12.1. The first-order valence-electron chi connectivity index (χ1n) is 6.68. The molecule has 0 aliphatic carbocycles. The third kappa shape index (κ3) is 2.58. The van der Waals surface area contributed by atoms with E-state index in [0.29, 0.717) is 5.58 Å². The molecule has 1 aromatic heterocycles. The summed E-state index contributed by atoms with van der Waals surface area (Å²) in [6.45, 7) is 12.6. The SMILES string of the molecule is CC(C)(C)c1cc2c(C(C)(C)C)cccc2oc1=O. The molecule has 0 atom stereocenters. The van der Waals surface area contributed by atoms with Crippen molar-refractivity contribution in [1.29, 1.82) is 0 Å². The van der Waals surface area contributed by atoms with Crippen LogP contribution in [0.2, 0.25) is 0 Å². The average Bonchev–Trinajstić information content (AvgIpc) is 2.24. The minimum atomic E-state index is -0.231. The summed E-state index contributed by atoms with van der Waals surface area (Å²) in [5.74, 6) is 0. The third-order valence-electron chi connectivity index (χ3n) is 3.39. The van der Waals surface area contributed by atoms with Crippen LogP contribution in [-0.2, 0) is 10.8 Å². The first-order chi connectivity index (χ1) is 8.60. The van der Waals surface area contributed by atoms with Gasteiger partial charge in [0.1, 0.15) is 5.58 Å². The van der Waals surface area contributed by atoms with Crippen LogP contribution in [0.1, 0.15) is 52.7 Å².